The second-order valence-corrected chi connectivity index (χ2v) is 7.50. The van der Waals surface area contributed by atoms with Crippen molar-refractivity contribution in [2.75, 3.05) is 26.7 Å². The molecule has 2 rings (SSSR count). The molecule has 0 aliphatic carbocycles. The van der Waals surface area contributed by atoms with Crippen LogP contribution in [0.5, 0.6) is 0 Å². The van der Waals surface area contributed by atoms with E-state index in [0.29, 0.717) is 19.6 Å². The molecule has 6 nitrogen and oxygen atoms in total. The van der Waals surface area contributed by atoms with Crippen LogP contribution in [0, 0.1) is 5.92 Å². The van der Waals surface area contributed by atoms with Crippen LogP contribution in [0.15, 0.2) is 30.3 Å². The molecule has 1 aromatic carbocycles. The number of carbonyl (C=O) groups is 2. The quantitative estimate of drug-likeness (QED) is 0.835. The average molecular weight is 348 g/mol. The first-order valence-corrected chi connectivity index (χ1v) is 8.64. The Morgan fingerprint density at radius 1 is 1.24 bits per heavy atom. The molecule has 0 bridgehead atoms. The van der Waals surface area contributed by atoms with Gasteiger partial charge in [-0.05, 0) is 38.7 Å². The van der Waals surface area contributed by atoms with Gasteiger partial charge < -0.3 is 19.3 Å². The molecule has 1 heterocycles. The maximum absolute atomic E-state index is 12.2. The number of hydrogen-bond donors (Lipinski definition) is 0. The van der Waals surface area contributed by atoms with E-state index in [0.717, 1.165) is 12.0 Å². The second-order valence-electron chi connectivity index (χ2n) is 7.50. The van der Waals surface area contributed by atoms with Crippen molar-refractivity contribution in [2.24, 2.45) is 5.92 Å². The molecular weight excluding hydrogens is 320 g/mol. The maximum Gasteiger partial charge on any atom is 0.410 e. The molecule has 0 radical (unpaired) electrons. The van der Waals surface area contributed by atoms with Gasteiger partial charge in [-0.15, -0.1) is 0 Å². The third kappa shape index (κ3) is 6.29. The van der Waals surface area contributed by atoms with Crippen molar-refractivity contribution in [3.63, 3.8) is 0 Å². The number of amides is 2. The van der Waals surface area contributed by atoms with Gasteiger partial charge in [0.1, 0.15) is 12.2 Å². The van der Waals surface area contributed by atoms with Gasteiger partial charge in [0.05, 0.1) is 0 Å². The number of benzene rings is 1. The second kappa shape index (κ2) is 8.23. The molecule has 6 heteroatoms. The lowest BCUT2D eigenvalue weighted by atomic mass is 10.1. The Hall–Kier alpha value is -2.24. The molecule has 1 aliphatic heterocycles. The molecule has 25 heavy (non-hydrogen) atoms. The zero-order valence-electron chi connectivity index (χ0n) is 15.5. The molecule has 138 valence electrons. The number of ether oxygens (including phenoxy) is 2. The molecular formula is C19H28N2O4. The van der Waals surface area contributed by atoms with Gasteiger partial charge in [-0.25, -0.2) is 9.59 Å². The van der Waals surface area contributed by atoms with Crippen LogP contribution < -0.4 is 0 Å². The minimum atomic E-state index is -0.506. The van der Waals surface area contributed by atoms with Crippen molar-refractivity contribution in [1.29, 1.82) is 0 Å². The van der Waals surface area contributed by atoms with Crippen LogP contribution in [0.25, 0.3) is 0 Å². The first kappa shape index (κ1) is 19.1. The van der Waals surface area contributed by atoms with E-state index < -0.39 is 5.60 Å². The van der Waals surface area contributed by atoms with E-state index in [1.807, 2.05) is 51.1 Å². The molecule has 1 atom stereocenters. The summed E-state index contributed by atoms with van der Waals surface area (Å²) in [5, 5.41) is 0. The highest BCUT2D eigenvalue weighted by molar-refractivity contribution is 5.68. The van der Waals surface area contributed by atoms with E-state index >= 15 is 0 Å². The first-order valence-electron chi connectivity index (χ1n) is 8.64. The molecule has 2 amide bonds. The van der Waals surface area contributed by atoms with Gasteiger partial charge in [-0.3, -0.25) is 0 Å². The third-order valence-electron chi connectivity index (χ3n) is 3.99. The monoisotopic (exact) mass is 348 g/mol. The van der Waals surface area contributed by atoms with Gasteiger partial charge in [0.15, 0.2) is 0 Å². The Balaban J connectivity index is 1.75. The average Bonchev–Trinajstić information content (AvgIpc) is 3.00. The minimum absolute atomic E-state index is 0.238. The number of carbonyl (C=O) groups excluding carboxylic acids is 2. The summed E-state index contributed by atoms with van der Waals surface area (Å²) in [4.78, 5) is 27.5. The minimum Gasteiger partial charge on any atom is -0.445 e. The predicted octanol–water partition coefficient (Wildman–Crippen LogP) is 3.51. The van der Waals surface area contributed by atoms with Gasteiger partial charge in [0, 0.05) is 26.7 Å². The van der Waals surface area contributed by atoms with Crippen LogP contribution in [0.3, 0.4) is 0 Å². The van der Waals surface area contributed by atoms with Crippen LogP contribution in [0.1, 0.15) is 32.8 Å². The first-order chi connectivity index (χ1) is 11.7. The maximum atomic E-state index is 12.2. The highest BCUT2D eigenvalue weighted by Crippen LogP contribution is 2.19. The fourth-order valence-corrected chi connectivity index (χ4v) is 2.76. The Morgan fingerprint density at radius 3 is 2.56 bits per heavy atom. The van der Waals surface area contributed by atoms with Crippen molar-refractivity contribution in [2.45, 2.75) is 39.4 Å². The Labute approximate surface area is 149 Å². The number of hydrogen-bond acceptors (Lipinski definition) is 4. The Morgan fingerprint density at radius 2 is 1.92 bits per heavy atom. The Kier molecular flexibility index (Phi) is 6.28. The fraction of sp³-hybridized carbons (Fsp3) is 0.579. The molecule has 1 aromatic rings. The zero-order chi connectivity index (χ0) is 18.4. The summed E-state index contributed by atoms with van der Waals surface area (Å²) in [7, 11) is 1.73. The van der Waals surface area contributed by atoms with Crippen LogP contribution >= 0.6 is 0 Å². The zero-order valence-corrected chi connectivity index (χ0v) is 15.5. The van der Waals surface area contributed by atoms with Gasteiger partial charge in [-0.2, -0.15) is 0 Å². The molecule has 0 spiro atoms. The van der Waals surface area contributed by atoms with Gasteiger partial charge in [0.25, 0.3) is 0 Å². The molecule has 1 fully saturated rings. The lowest BCUT2D eigenvalue weighted by Gasteiger charge is -2.26. The molecule has 0 aromatic heterocycles. The topological polar surface area (TPSA) is 59.1 Å². The smallest absolute Gasteiger partial charge is 0.410 e. The lowest BCUT2D eigenvalue weighted by Crippen LogP contribution is -2.38. The predicted molar refractivity (Wildman–Crippen MR) is 95.2 cm³/mol. The van der Waals surface area contributed by atoms with Crippen LogP contribution in [-0.4, -0.2) is 54.3 Å². The van der Waals surface area contributed by atoms with Crippen molar-refractivity contribution in [1.82, 2.24) is 9.80 Å². The summed E-state index contributed by atoms with van der Waals surface area (Å²) in [6.07, 6.45) is 0.219. The van der Waals surface area contributed by atoms with Gasteiger partial charge in [-0.1, -0.05) is 30.3 Å². The molecule has 1 saturated heterocycles. The molecule has 0 unspecified atom stereocenters. The largest absolute Gasteiger partial charge is 0.445 e. The van der Waals surface area contributed by atoms with Crippen LogP contribution in [0.2, 0.25) is 0 Å². The number of rotatable bonds is 4. The van der Waals surface area contributed by atoms with E-state index in [2.05, 4.69) is 0 Å². The Bertz CT molecular complexity index is 583. The molecule has 0 N–H and O–H groups in total. The van der Waals surface area contributed by atoms with Gasteiger partial charge >= 0.3 is 12.2 Å². The normalized spacial score (nSPS) is 17.3. The summed E-state index contributed by atoms with van der Waals surface area (Å²) in [6, 6.07) is 9.62. The number of likely N-dealkylation sites (tertiary alicyclic amines) is 1. The lowest BCUT2D eigenvalue weighted by molar-refractivity contribution is 0.0275. The van der Waals surface area contributed by atoms with E-state index in [4.69, 9.17) is 9.47 Å². The summed E-state index contributed by atoms with van der Waals surface area (Å²) in [6.45, 7) is 7.63. The van der Waals surface area contributed by atoms with Crippen molar-refractivity contribution in [3.8, 4) is 0 Å². The van der Waals surface area contributed by atoms with E-state index in [9.17, 15) is 9.59 Å². The summed E-state index contributed by atoms with van der Waals surface area (Å²) >= 11 is 0. The molecule has 1 aliphatic rings. The van der Waals surface area contributed by atoms with Crippen molar-refractivity contribution >= 4 is 12.2 Å². The van der Waals surface area contributed by atoms with Crippen LogP contribution in [0.4, 0.5) is 9.59 Å². The van der Waals surface area contributed by atoms with E-state index in [1.165, 1.54) is 0 Å². The SMILES string of the molecule is CN(C[C@H]1CCN(C(=O)OCc2ccccc2)C1)C(=O)OC(C)(C)C. The van der Waals surface area contributed by atoms with Crippen LogP contribution in [-0.2, 0) is 16.1 Å². The highest BCUT2D eigenvalue weighted by Gasteiger charge is 2.30. The highest BCUT2D eigenvalue weighted by atomic mass is 16.6. The molecule has 0 saturated carbocycles. The van der Waals surface area contributed by atoms with Gasteiger partial charge in [0.2, 0.25) is 0 Å². The van der Waals surface area contributed by atoms with Crippen molar-refractivity contribution < 1.29 is 19.1 Å². The standard InChI is InChI=1S/C19H28N2O4/c1-19(2,3)25-17(22)20(4)12-16-10-11-21(13-16)18(23)24-14-15-8-6-5-7-9-15/h5-9,16H,10-14H2,1-4H3/t16-/m1/s1. The van der Waals surface area contributed by atoms with Crippen molar-refractivity contribution in [3.05, 3.63) is 35.9 Å². The summed E-state index contributed by atoms with van der Waals surface area (Å²) in [5.41, 5.74) is 0.463. The fourth-order valence-electron chi connectivity index (χ4n) is 2.76. The number of nitrogens with zero attached hydrogens (tertiary/aromatic N) is 2. The summed E-state index contributed by atoms with van der Waals surface area (Å²) < 4.78 is 10.7. The summed E-state index contributed by atoms with van der Waals surface area (Å²) in [5.74, 6) is 0.238. The van der Waals surface area contributed by atoms with E-state index in [1.54, 1.807) is 16.8 Å². The third-order valence-corrected chi connectivity index (χ3v) is 3.99. The van der Waals surface area contributed by atoms with E-state index in [-0.39, 0.29) is 24.7 Å².